The summed E-state index contributed by atoms with van der Waals surface area (Å²) in [4.78, 5) is 0. The van der Waals surface area contributed by atoms with Crippen LogP contribution in [0.15, 0.2) is 24.3 Å². The first kappa shape index (κ1) is 12.9. The van der Waals surface area contributed by atoms with Crippen LogP contribution in [-0.4, -0.2) is 19.2 Å². The van der Waals surface area contributed by atoms with E-state index in [0.29, 0.717) is 12.0 Å². The van der Waals surface area contributed by atoms with Crippen molar-refractivity contribution in [1.29, 1.82) is 0 Å². The van der Waals surface area contributed by atoms with E-state index in [4.69, 9.17) is 16.3 Å². The Labute approximate surface area is 108 Å². The van der Waals surface area contributed by atoms with Gasteiger partial charge in [-0.25, -0.2) is 0 Å². The number of rotatable bonds is 3. The highest BCUT2D eigenvalue weighted by atomic mass is 35.5. The molecule has 1 fully saturated rings. The van der Waals surface area contributed by atoms with E-state index < -0.39 is 0 Å². The van der Waals surface area contributed by atoms with E-state index in [0.717, 1.165) is 23.7 Å². The molecule has 2 atom stereocenters. The first-order valence-electron chi connectivity index (χ1n) is 6.25. The smallest absolute Gasteiger partial charge is 0.0950 e. The number of hydrogen-bond donors (Lipinski definition) is 1. The molecule has 0 aliphatic carbocycles. The van der Waals surface area contributed by atoms with E-state index >= 15 is 0 Å². The van der Waals surface area contributed by atoms with Crippen molar-refractivity contribution in [2.24, 2.45) is 5.92 Å². The molecule has 1 aliphatic rings. The van der Waals surface area contributed by atoms with Crippen LogP contribution in [0.5, 0.6) is 0 Å². The van der Waals surface area contributed by atoms with Gasteiger partial charge in [0.05, 0.1) is 12.7 Å². The number of hydrogen-bond acceptors (Lipinski definition) is 2. The lowest BCUT2D eigenvalue weighted by Gasteiger charge is -2.31. The van der Waals surface area contributed by atoms with Crippen molar-refractivity contribution in [3.05, 3.63) is 34.9 Å². The van der Waals surface area contributed by atoms with Crippen LogP contribution in [0.3, 0.4) is 0 Å². The Bertz CT molecular complexity index is 359. The molecule has 0 saturated carbocycles. The predicted octanol–water partition coefficient (Wildman–Crippen LogP) is 3.42. The van der Waals surface area contributed by atoms with Crippen LogP contribution in [0.4, 0.5) is 0 Å². The highest BCUT2D eigenvalue weighted by molar-refractivity contribution is 6.30. The third kappa shape index (κ3) is 3.70. The van der Waals surface area contributed by atoms with E-state index in [1.54, 1.807) is 0 Å². The van der Waals surface area contributed by atoms with Gasteiger partial charge < -0.3 is 10.1 Å². The van der Waals surface area contributed by atoms with Crippen molar-refractivity contribution in [2.45, 2.75) is 32.4 Å². The minimum absolute atomic E-state index is 0.136. The second kappa shape index (κ2) is 5.85. The largest absolute Gasteiger partial charge is 0.371 e. The zero-order valence-electron chi connectivity index (χ0n) is 10.4. The lowest BCUT2D eigenvalue weighted by molar-refractivity contribution is -0.00130. The van der Waals surface area contributed by atoms with Crippen molar-refractivity contribution >= 4 is 11.6 Å². The third-order valence-electron chi connectivity index (χ3n) is 3.07. The van der Waals surface area contributed by atoms with Crippen molar-refractivity contribution in [3.8, 4) is 0 Å². The van der Waals surface area contributed by atoms with Crippen LogP contribution in [0.25, 0.3) is 0 Å². The standard InChI is InChI=1S/C14H20ClNO/c1-10(2)6-13-9-17-14(8-16-13)11-4-3-5-12(15)7-11/h3-5,7,10,13-14,16H,6,8-9H2,1-2H3. The Morgan fingerprint density at radius 2 is 2.29 bits per heavy atom. The van der Waals surface area contributed by atoms with Crippen LogP contribution in [0.2, 0.25) is 5.02 Å². The molecule has 0 spiro atoms. The molecule has 1 aromatic carbocycles. The number of morpholine rings is 1. The van der Waals surface area contributed by atoms with Gasteiger partial charge in [-0.3, -0.25) is 0 Å². The highest BCUT2D eigenvalue weighted by Crippen LogP contribution is 2.23. The van der Waals surface area contributed by atoms with Crippen LogP contribution in [-0.2, 0) is 4.74 Å². The lowest BCUT2D eigenvalue weighted by atomic mass is 10.0. The average molecular weight is 254 g/mol. The minimum atomic E-state index is 0.136. The van der Waals surface area contributed by atoms with Gasteiger partial charge in [0.25, 0.3) is 0 Å². The molecular weight excluding hydrogens is 234 g/mol. The van der Waals surface area contributed by atoms with Gasteiger partial charge in [0, 0.05) is 17.6 Å². The summed E-state index contributed by atoms with van der Waals surface area (Å²) in [7, 11) is 0. The number of ether oxygens (including phenoxy) is 1. The zero-order chi connectivity index (χ0) is 12.3. The van der Waals surface area contributed by atoms with E-state index in [1.165, 1.54) is 6.42 Å². The molecule has 2 unspecified atom stereocenters. The van der Waals surface area contributed by atoms with Gasteiger partial charge in [-0.2, -0.15) is 0 Å². The summed E-state index contributed by atoms with van der Waals surface area (Å²) in [5.74, 6) is 0.707. The molecule has 17 heavy (non-hydrogen) atoms. The quantitative estimate of drug-likeness (QED) is 0.891. The van der Waals surface area contributed by atoms with Crippen molar-refractivity contribution in [2.75, 3.05) is 13.2 Å². The molecule has 2 nitrogen and oxygen atoms in total. The Morgan fingerprint density at radius 1 is 1.47 bits per heavy atom. The summed E-state index contributed by atoms with van der Waals surface area (Å²) in [5.41, 5.74) is 1.16. The number of benzene rings is 1. The fraction of sp³-hybridized carbons (Fsp3) is 0.571. The Morgan fingerprint density at radius 3 is 2.88 bits per heavy atom. The molecule has 94 valence electrons. The van der Waals surface area contributed by atoms with Gasteiger partial charge >= 0.3 is 0 Å². The van der Waals surface area contributed by atoms with E-state index in [2.05, 4.69) is 25.2 Å². The average Bonchev–Trinajstić information content (AvgIpc) is 2.29. The molecule has 1 saturated heterocycles. The normalized spacial score (nSPS) is 25.2. The summed E-state index contributed by atoms with van der Waals surface area (Å²) in [6.07, 6.45) is 1.31. The molecule has 3 heteroatoms. The van der Waals surface area contributed by atoms with Gasteiger partial charge in [-0.05, 0) is 30.0 Å². The van der Waals surface area contributed by atoms with Gasteiger partial charge in [-0.1, -0.05) is 37.6 Å². The Balaban J connectivity index is 1.91. The molecule has 0 radical (unpaired) electrons. The van der Waals surface area contributed by atoms with E-state index in [9.17, 15) is 0 Å². The van der Waals surface area contributed by atoms with Crippen LogP contribution >= 0.6 is 11.6 Å². The summed E-state index contributed by atoms with van der Waals surface area (Å²) >= 11 is 5.99. The monoisotopic (exact) mass is 253 g/mol. The topological polar surface area (TPSA) is 21.3 Å². The predicted molar refractivity (Wildman–Crippen MR) is 71.4 cm³/mol. The first-order valence-corrected chi connectivity index (χ1v) is 6.63. The van der Waals surface area contributed by atoms with Gasteiger partial charge in [0.1, 0.15) is 0 Å². The van der Waals surface area contributed by atoms with Gasteiger partial charge in [0.2, 0.25) is 0 Å². The maximum absolute atomic E-state index is 5.99. The third-order valence-corrected chi connectivity index (χ3v) is 3.30. The maximum atomic E-state index is 5.99. The minimum Gasteiger partial charge on any atom is -0.371 e. The molecular formula is C14H20ClNO. The lowest BCUT2D eigenvalue weighted by Crippen LogP contribution is -2.43. The fourth-order valence-corrected chi connectivity index (χ4v) is 2.46. The van der Waals surface area contributed by atoms with Crippen molar-refractivity contribution in [1.82, 2.24) is 5.32 Å². The molecule has 0 aromatic heterocycles. The van der Waals surface area contributed by atoms with Crippen LogP contribution < -0.4 is 5.32 Å². The van der Waals surface area contributed by atoms with Crippen molar-refractivity contribution in [3.63, 3.8) is 0 Å². The van der Waals surface area contributed by atoms with Gasteiger partial charge in [-0.15, -0.1) is 0 Å². The molecule has 0 bridgehead atoms. The highest BCUT2D eigenvalue weighted by Gasteiger charge is 2.22. The first-order chi connectivity index (χ1) is 8.15. The van der Waals surface area contributed by atoms with Crippen LogP contribution in [0, 0.1) is 5.92 Å². The summed E-state index contributed by atoms with van der Waals surface area (Å²) < 4.78 is 5.91. The summed E-state index contributed by atoms with van der Waals surface area (Å²) in [6, 6.07) is 8.41. The SMILES string of the molecule is CC(C)CC1COC(c2cccc(Cl)c2)CN1. The van der Waals surface area contributed by atoms with E-state index in [1.807, 2.05) is 18.2 Å². The van der Waals surface area contributed by atoms with Crippen molar-refractivity contribution < 1.29 is 4.74 Å². The van der Waals surface area contributed by atoms with Crippen LogP contribution in [0.1, 0.15) is 31.9 Å². The molecule has 1 aromatic rings. The number of halogens is 1. The van der Waals surface area contributed by atoms with E-state index in [-0.39, 0.29) is 6.10 Å². The number of nitrogens with one attached hydrogen (secondary N) is 1. The molecule has 0 amide bonds. The summed E-state index contributed by atoms with van der Waals surface area (Å²) in [6.45, 7) is 6.14. The second-order valence-corrected chi connectivity index (χ2v) is 5.55. The Hall–Kier alpha value is -0.570. The molecule has 2 rings (SSSR count). The second-order valence-electron chi connectivity index (χ2n) is 5.11. The molecule has 1 N–H and O–H groups in total. The maximum Gasteiger partial charge on any atom is 0.0950 e. The molecule has 1 heterocycles. The zero-order valence-corrected chi connectivity index (χ0v) is 11.2. The summed E-state index contributed by atoms with van der Waals surface area (Å²) in [5, 5.41) is 4.32. The van der Waals surface area contributed by atoms with Gasteiger partial charge in [0.15, 0.2) is 0 Å². The molecule has 1 aliphatic heterocycles. The Kier molecular flexibility index (Phi) is 4.43. The fourth-order valence-electron chi connectivity index (χ4n) is 2.27.